The van der Waals surface area contributed by atoms with E-state index in [-0.39, 0.29) is 17.9 Å². The summed E-state index contributed by atoms with van der Waals surface area (Å²) in [6.07, 6.45) is -0.383. The molecule has 0 bridgehead atoms. The minimum absolute atomic E-state index is 0.0344. The molecule has 0 saturated heterocycles. The summed E-state index contributed by atoms with van der Waals surface area (Å²) >= 11 is 0. The van der Waals surface area contributed by atoms with E-state index in [1.807, 2.05) is 18.2 Å². The van der Waals surface area contributed by atoms with Crippen molar-refractivity contribution in [2.24, 2.45) is 0 Å². The van der Waals surface area contributed by atoms with E-state index < -0.39 is 11.7 Å². The smallest absolute Gasteiger partial charge is 0.392 e. The van der Waals surface area contributed by atoms with Crippen molar-refractivity contribution in [3.63, 3.8) is 0 Å². The predicted molar refractivity (Wildman–Crippen MR) is 85.8 cm³/mol. The van der Waals surface area contributed by atoms with Gasteiger partial charge in [0.15, 0.2) is 0 Å². The maximum absolute atomic E-state index is 13.5. The highest BCUT2D eigenvalue weighted by Crippen LogP contribution is 2.59. The number of hydrogen-bond donors (Lipinski definition) is 1. The molecule has 2 aliphatic rings. The maximum atomic E-state index is 13.5. The zero-order valence-electron chi connectivity index (χ0n) is 13.2. The highest BCUT2D eigenvalue weighted by molar-refractivity contribution is 5.52. The third kappa shape index (κ3) is 2.27. The molecule has 0 aliphatic heterocycles. The van der Waals surface area contributed by atoms with Gasteiger partial charge in [0.25, 0.3) is 0 Å². The molecule has 1 atom stereocenters. The summed E-state index contributed by atoms with van der Waals surface area (Å²) in [6, 6.07) is 11.8. The Hall–Kier alpha value is -1.81. The van der Waals surface area contributed by atoms with Gasteiger partial charge in [0, 0.05) is 5.92 Å². The van der Waals surface area contributed by atoms with E-state index in [4.69, 9.17) is 0 Å². The zero-order valence-corrected chi connectivity index (χ0v) is 13.2. The average molecular weight is 332 g/mol. The number of hydrogen-bond acceptors (Lipinski definition) is 1. The van der Waals surface area contributed by atoms with Crippen LogP contribution in [0.15, 0.2) is 42.5 Å². The number of rotatable bonds is 2. The highest BCUT2D eigenvalue weighted by Gasteiger charge is 2.49. The van der Waals surface area contributed by atoms with Gasteiger partial charge in [0.05, 0.1) is 12.2 Å². The monoisotopic (exact) mass is 332 g/mol. The summed E-state index contributed by atoms with van der Waals surface area (Å²) in [5, 5.41) is 9.43. The molecule has 1 nitrogen and oxygen atoms in total. The van der Waals surface area contributed by atoms with E-state index in [0.717, 1.165) is 36.8 Å². The molecule has 1 saturated carbocycles. The van der Waals surface area contributed by atoms with Gasteiger partial charge in [-0.2, -0.15) is 13.2 Å². The Morgan fingerprint density at radius 2 is 1.79 bits per heavy atom. The lowest BCUT2D eigenvalue weighted by Gasteiger charge is -2.40. The third-order valence-electron chi connectivity index (χ3n) is 5.79. The van der Waals surface area contributed by atoms with Crippen LogP contribution < -0.4 is 0 Å². The van der Waals surface area contributed by atoms with Crippen molar-refractivity contribution in [3.05, 3.63) is 70.3 Å². The Bertz CT molecular complexity index is 775. The van der Waals surface area contributed by atoms with E-state index in [0.29, 0.717) is 5.56 Å². The van der Waals surface area contributed by atoms with Crippen molar-refractivity contribution < 1.29 is 18.3 Å². The van der Waals surface area contributed by atoms with Crippen LogP contribution in [0.5, 0.6) is 0 Å². The van der Waals surface area contributed by atoms with Crippen molar-refractivity contribution >= 4 is 0 Å². The van der Waals surface area contributed by atoms with Gasteiger partial charge in [0.1, 0.15) is 0 Å². The first-order valence-electron chi connectivity index (χ1n) is 8.35. The minimum Gasteiger partial charge on any atom is -0.392 e. The summed E-state index contributed by atoms with van der Waals surface area (Å²) in [6.45, 7) is -0.0894. The number of halogens is 3. The fourth-order valence-electron chi connectivity index (χ4n) is 4.51. The second-order valence-corrected chi connectivity index (χ2v) is 7.06. The van der Waals surface area contributed by atoms with Gasteiger partial charge in [-0.1, -0.05) is 42.8 Å². The van der Waals surface area contributed by atoms with Crippen LogP contribution in [-0.4, -0.2) is 5.11 Å². The van der Waals surface area contributed by atoms with Gasteiger partial charge in [-0.3, -0.25) is 0 Å². The summed E-state index contributed by atoms with van der Waals surface area (Å²) in [4.78, 5) is 0. The SMILES string of the molecule is OCc1ccc2c(c1)C(c1ccccc1C(F)(F)F)CC21CCC1. The molecule has 0 amide bonds. The van der Waals surface area contributed by atoms with Crippen LogP contribution in [0.1, 0.15) is 59.4 Å². The molecule has 1 N–H and O–H groups in total. The number of aliphatic hydroxyl groups excluding tert-OH is 1. The molecule has 2 aromatic rings. The van der Waals surface area contributed by atoms with E-state index >= 15 is 0 Å². The molecule has 1 fully saturated rings. The summed E-state index contributed by atoms with van der Waals surface area (Å²) in [5.41, 5.74) is 2.79. The molecule has 2 aliphatic carbocycles. The average Bonchev–Trinajstić information content (AvgIpc) is 2.88. The Kier molecular flexibility index (Phi) is 3.50. The Balaban J connectivity index is 1.87. The van der Waals surface area contributed by atoms with Crippen LogP contribution in [0.3, 0.4) is 0 Å². The van der Waals surface area contributed by atoms with Crippen LogP contribution in [0.4, 0.5) is 13.2 Å². The fraction of sp³-hybridized carbons (Fsp3) is 0.400. The number of fused-ring (bicyclic) bond motifs is 2. The molecular weight excluding hydrogens is 313 g/mol. The van der Waals surface area contributed by atoms with Crippen molar-refractivity contribution in [3.8, 4) is 0 Å². The number of alkyl halides is 3. The Morgan fingerprint density at radius 3 is 2.42 bits per heavy atom. The van der Waals surface area contributed by atoms with E-state index in [1.165, 1.54) is 17.7 Å². The molecule has 4 heteroatoms. The van der Waals surface area contributed by atoms with E-state index in [9.17, 15) is 18.3 Å². The molecule has 0 heterocycles. The first kappa shape index (κ1) is 15.7. The molecule has 1 spiro atoms. The molecule has 0 radical (unpaired) electrons. The van der Waals surface area contributed by atoms with Crippen molar-refractivity contribution in [2.75, 3.05) is 0 Å². The molecule has 2 aromatic carbocycles. The van der Waals surface area contributed by atoms with E-state index in [2.05, 4.69) is 0 Å². The van der Waals surface area contributed by atoms with Crippen LogP contribution in [0, 0.1) is 0 Å². The zero-order chi connectivity index (χ0) is 16.9. The number of benzene rings is 2. The lowest BCUT2D eigenvalue weighted by atomic mass is 9.64. The van der Waals surface area contributed by atoms with Crippen molar-refractivity contribution in [1.29, 1.82) is 0 Å². The van der Waals surface area contributed by atoms with Crippen LogP contribution in [0.2, 0.25) is 0 Å². The van der Waals surface area contributed by atoms with Crippen LogP contribution in [-0.2, 0) is 18.2 Å². The second-order valence-electron chi connectivity index (χ2n) is 7.06. The second kappa shape index (κ2) is 5.35. The van der Waals surface area contributed by atoms with Crippen LogP contribution in [0.25, 0.3) is 0 Å². The topological polar surface area (TPSA) is 20.2 Å². The summed E-state index contributed by atoms with van der Waals surface area (Å²) in [7, 11) is 0. The van der Waals surface area contributed by atoms with Crippen molar-refractivity contribution in [2.45, 2.75) is 49.8 Å². The molecule has 4 rings (SSSR count). The highest BCUT2D eigenvalue weighted by atomic mass is 19.4. The van der Waals surface area contributed by atoms with Gasteiger partial charge in [-0.05, 0) is 53.0 Å². The normalized spacial score (nSPS) is 21.6. The first-order valence-corrected chi connectivity index (χ1v) is 8.35. The third-order valence-corrected chi connectivity index (χ3v) is 5.79. The first-order chi connectivity index (χ1) is 11.4. The molecule has 24 heavy (non-hydrogen) atoms. The standard InChI is InChI=1S/C20H19F3O/c21-20(22,23)18-5-2-1-4-14(18)16-11-19(8-3-9-19)17-7-6-13(12-24)10-15(16)17/h1-2,4-7,10,16,24H,3,8-9,11-12H2. The molecular formula is C20H19F3O. The van der Waals surface area contributed by atoms with Gasteiger partial charge < -0.3 is 5.11 Å². The Morgan fingerprint density at radius 1 is 1.04 bits per heavy atom. The van der Waals surface area contributed by atoms with Gasteiger partial charge >= 0.3 is 6.18 Å². The summed E-state index contributed by atoms with van der Waals surface area (Å²) < 4.78 is 40.4. The van der Waals surface area contributed by atoms with Crippen LogP contribution >= 0.6 is 0 Å². The van der Waals surface area contributed by atoms with Gasteiger partial charge in [0.2, 0.25) is 0 Å². The van der Waals surface area contributed by atoms with Gasteiger partial charge in [-0.25, -0.2) is 0 Å². The molecule has 126 valence electrons. The Labute approximate surface area is 139 Å². The quantitative estimate of drug-likeness (QED) is 0.806. The lowest BCUT2D eigenvalue weighted by Crippen LogP contribution is -2.31. The maximum Gasteiger partial charge on any atom is 0.416 e. The predicted octanol–water partition coefficient (Wildman–Crippen LogP) is 5.16. The van der Waals surface area contributed by atoms with E-state index in [1.54, 1.807) is 12.1 Å². The summed E-state index contributed by atoms with van der Waals surface area (Å²) in [5.74, 6) is -0.246. The van der Waals surface area contributed by atoms with Crippen molar-refractivity contribution in [1.82, 2.24) is 0 Å². The molecule has 0 aromatic heterocycles. The minimum atomic E-state index is -4.35. The molecule has 1 unspecified atom stereocenters. The fourth-order valence-corrected chi connectivity index (χ4v) is 4.51. The van der Waals surface area contributed by atoms with Gasteiger partial charge in [-0.15, -0.1) is 0 Å². The largest absolute Gasteiger partial charge is 0.416 e. The lowest BCUT2D eigenvalue weighted by molar-refractivity contribution is -0.138. The number of aliphatic hydroxyl groups is 1.